The van der Waals surface area contributed by atoms with Gasteiger partial charge in [0.25, 0.3) is 5.56 Å². The molecule has 0 radical (unpaired) electrons. The number of hydrogen-bond acceptors (Lipinski definition) is 16. The molecule has 0 amide bonds. The van der Waals surface area contributed by atoms with Crippen LogP contribution >= 0.6 is 0 Å². The Hall–Kier alpha value is -5.76. The molecule has 6 unspecified atom stereocenters. The lowest BCUT2D eigenvalue weighted by Gasteiger charge is -2.46. The molecule has 8 rings (SSSR count). The summed E-state index contributed by atoms with van der Waals surface area (Å²) in [7, 11) is 8.16. The summed E-state index contributed by atoms with van der Waals surface area (Å²) in [5.41, 5.74) is 2.84. The summed E-state index contributed by atoms with van der Waals surface area (Å²) >= 11 is 0. The van der Waals surface area contributed by atoms with Gasteiger partial charge in [-0.15, -0.1) is 0 Å². The minimum Gasteiger partial charge on any atom is -0.497 e. The Morgan fingerprint density at radius 2 is 1.26 bits per heavy atom. The number of aliphatic hydroxyl groups is 2. The van der Waals surface area contributed by atoms with E-state index in [9.17, 15) is 15.0 Å². The molecule has 3 aromatic heterocycles. The van der Waals surface area contributed by atoms with Gasteiger partial charge in [0.15, 0.2) is 0 Å². The Balaban J connectivity index is 1.21. The summed E-state index contributed by atoms with van der Waals surface area (Å²) in [4.78, 5) is 52.3. The second kappa shape index (κ2) is 18.3. The SMILES string of the molecule is COc1ccc2c(N3C(NCCO)CC(c4c(C)ccc5c4c(=O)n(C4CC(NCCO)N(c6ncnc7cc(OC)ccc67)C(OC)C4)c(=O)n5C)CC3OC)ncnc2c1. The second-order valence-corrected chi connectivity index (χ2v) is 15.7. The van der Waals surface area contributed by atoms with Gasteiger partial charge >= 0.3 is 5.69 Å². The molecular formula is C44H54N10O8. The highest BCUT2D eigenvalue weighted by Gasteiger charge is 2.42. The molecule has 4 N–H and O–H groups in total. The van der Waals surface area contributed by atoms with Crippen LogP contribution in [0.25, 0.3) is 32.7 Å². The van der Waals surface area contributed by atoms with Crippen molar-refractivity contribution >= 4 is 44.3 Å². The maximum atomic E-state index is 15.3. The number of hydrogen-bond donors (Lipinski definition) is 4. The van der Waals surface area contributed by atoms with E-state index in [1.807, 2.05) is 60.4 Å². The van der Waals surface area contributed by atoms with E-state index in [1.54, 1.807) is 40.1 Å². The lowest BCUT2D eigenvalue weighted by Crippen LogP contribution is -2.59. The molecule has 5 heterocycles. The van der Waals surface area contributed by atoms with Gasteiger partial charge < -0.3 is 39.0 Å². The molecule has 2 fully saturated rings. The van der Waals surface area contributed by atoms with Crippen LogP contribution in [0.3, 0.4) is 0 Å². The summed E-state index contributed by atoms with van der Waals surface area (Å²) in [6, 6.07) is 14.4. The van der Waals surface area contributed by atoms with Gasteiger partial charge in [-0.05, 0) is 67.1 Å². The molecule has 0 aliphatic carbocycles. The number of rotatable bonds is 14. The third-order valence-electron chi connectivity index (χ3n) is 12.4. The first kappa shape index (κ1) is 42.9. The van der Waals surface area contributed by atoms with Gasteiger partial charge in [0.2, 0.25) is 0 Å². The van der Waals surface area contributed by atoms with E-state index in [4.69, 9.17) is 28.9 Å². The van der Waals surface area contributed by atoms with Gasteiger partial charge in [-0.3, -0.25) is 24.6 Å². The van der Waals surface area contributed by atoms with Crippen molar-refractivity contribution in [2.75, 3.05) is 64.5 Å². The summed E-state index contributed by atoms with van der Waals surface area (Å²) < 4.78 is 26.3. The molecule has 2 saturated heterocycles. The highest BCUT2D eigenvalue weighted by atomic mass is 16.5. The molecule has 62 heavy (non-hydrogen) atoms. The molecule has 2 aliphatic rings. The number of ether oxygens (including phenoxy) is 4. The largest absolute Gasteiger partial charge is 0.497 e. The molecule has 328 valence electrons. The Morgan fingerprint density at radius 3 is 1.79 bits per heavy atom. The van der Waals surface area contributed by atoms with Gasteiger partial charge in [-0.25, -0.2) is 24.7 Å². The standard InChI is InChI=1S/C44H54N10O8/c1-25-7-12-34-40(39(25)26-17-35(45-13-15-55)53(37(18-26)61-5)41-30-10-8-28(59-3)21-32(30)47-23-49-41)43(57)52(44(58)51(34)2)27-19-36(46-14-16-56)54(38(20-27)62-6)42-31-11-9-29(60-4)22-33(31)48-24-50-42/h7-12,21-24,26-27,35-38,45-46,55-56H,13-20H2,1-6H3. The van der Waals surface area contributed by atoms with Crippen molar-refractivity contribution < 1.29 is 29.2 Å². The van der Waals surface area contributed by atoms with E-state index in [2.05, 4.69) is 25.5 Å². The van der Waals surface area contributed by atoms with Crippen molar-refractivity contribution in [1.29, 1.82) is 0 Å². The summed E-state index contributed by atoms with van der Waals surface area (Å²) in [5, 5.41) is 29.0. The number of nitrogens with zero attached hydrogens (tertiary/aromatic N) is 8. The number of piperidine rings is 2. The van der Waals surface area contributed by atoms with Crippen LogP contribution in [0.4, 0.5) is 11.6 Å². The highest BCUT2D eigenvalue weighted by Crippen LogP contribution is 2.42. The number of benzene rings is 3. The summed E-state index contributed by atoms with van der Waals surface area (Å²) in [5.74, 6) is 2.39. The quantitative estimate of drug-likeness (QED) is 0.124. The number of methoxy groups -OCH3 is 4. The van der Waals surface area contributed by atoms with E-state index in [0.29, 0.717) is 70.9 Å². The number of aryl methyl sites for hydroxylation is 2. The van der Waals surface area contributed by atoms with Crippen molar-refractivity contribution in [3.63, 3.8) is 0 Å². The smallest absolute Gasteiger partial charge is 0.331 e. The summed E-state index contributed by atoms with van der Waals surface area (Å²) in [6.45, 7) is 2.33. The van der Waals surface area contributed by atoms with Crippen molar-refractivity contribution in [1.82, 2.24) is 39.7 Å². The van der Waals surface area contributed by atoms with Crippen molar-refractivity contribution in [3.05, 3.63) is 93.2 Å². The Bertz CT molecular complexity index is 2690. The van der Waals surface area contributed by atoms with Crippen LogP contribution in [0, 0.1) is 6.92 Å². The van der Waals surface area contributed by atoms with Crippen LogP contribution in [0.15, 0.2) is 70.8 Å². The van der Waals surface area contributed by atoms with Gasteiger partial charge in [-0.1, -0.05) is 6.07 Å². The Morgan fingerprint density at radius 1 is 0.710 bits per heavy atom. The van der Waals surface area contributed by atoms with Crippen molar-refractivity contribution in [2.45, 2.75) is 69.4 Å². The molecule has 0 spiro atoms. The minimum absolute atomic E-state index is 0.0911. The van der Waals surface area contributed by atoms with Gasteiger partial charge in [0.1, 0.15) is 48.2 Å². The Labute approximate surface area is 358 Å². The second-order valence-electron chi connectivity index (χ2n) is 15.7. The highest BCUT2D eigenvalue weighted by molar-refractivity contribution is 5.91. The predicted octanol–water partition coefficient (Wildman–Crippen LogP) is 2.90. The molecular weight excluding hydrogens is 797 g/mol. The fourth-order valence-electron chi connectivity index (χ4n) is 9.56. The predicted molar refractivity (Wildman–Crippen MR) is 235 cm³/mol. The fourth-order valence-corrected chi connectivity index (χ4v) is 9.56. The lowest BCUT2D eigenvalue weighted by atomic mass is 9.82. The van der Waals surface area contributed by atoms with Crippen LogP contribution < -0.4 is 41.2 Å². The van der Waals surface area contributed by atoms with Gasteiger partial charge in [0, 0.05) is 76.1 Å². The molecule has 6 atom stereocenters. The first-order valence-corrected chi connectivity index (χ1v) is 20.8. The molecule has 6 aromatic rings. The van der Waals surface area contributed by atoms with Crippen LogP contribution in [0.1, 0.15) is 48.8 Å². The minimum atomic E-state index is -0.626. The zero-order valence-electron chi connectivity index (χ0n) is 35.8. The molecule has 2 aliphatic heterocycles. The molecule has 18 heteroatoms. The van der Waals surface area contributed by atoms with Crippen molar-refractivity contribution in [3.8, 4) is 11.5 Å². The van der Waals surface area contributed by atoms with Crippen molar-refractivity contribution in [2.24, 2.45) is 7.05 Å². The number of aliphatic hydroxyl groups excluding tert-OH is 2. The maximum absolute atomic E-state index is 15.3. The van der Waals surface area contributed by atoms with E-state index < -0.39 is 30.4 Å². The van der Waals surface area contributed by atoms with Gasteiger partial charge in [-0.2, -0.15) is 0 Å². The molecule has 0 saturated carbocycles. The monoisotopic (exact) mass is 850 g/mol. The normalized spacial score (nSPS) is 21.9. The van der Waals surface area contributed by atoms with E-state index >= 15 is 4.79 Å². The molecule has 3 aromatic carbocycles. The third kappa shape index (κ3) is 7.71. The van der Waals surface area contributed by atoms with Crippen LogP contribution in [-0.2, 0) is 16.5 Å². The first-order valence-electron chi connectivity index (χ1n) is 20.8. The van der Waals surface area contributed by atoms with Crippen LogP contribution in [0.5, 0.6) is 11.5 Å². The number of anilines is 2. The lowest BCUT2D eigenvalue weighted by molar-refractivity contribution is 0.0397. The van der Waals surface area contributed by atoms with Gasteiger partial charge in [0.05, 0.1) is 61.7 Å². The van der Waals surface area contributed by atoms with Crippen LogP contribution in [0.2, 0.25) is 0 Å². The molecule has 18 nitrogen and oxygen atoms in total. The zero-order valence-corrected chi connectivity index (χ0v) is 35.8. The maximum Gasteiger partial charge on any atom is 0.331 e. The topological polar surface area (TPSA) is 203 Å². The number of nitrogens with one attached hydrogen (secondary N) is 2. The average molecular weight is 851 g/mol. The number of aromatic nitrogens is 6. The van der Waals surface area contributed by atoms with Crippen LogP contribution in [-0.4, -0.2) is 119 Å². The van der Waals surface area contributed by atoms with E-state index in [-0.39, 0.29) is 43.8 Å². The number of fused-ring (bicyclic) bond motifs is 3. The molecule has 0 bridgehead atoms. The van der Waals surface area contributed by atoms with E-state index in [1.165, 1.54) is 17.2 Å². The average Bonchev–Trinajstić information content (AvgIpc) is 3.30. The summed E-state index contributed by atoms with van der Waals surface area (Å²) in [6.07, 6.45) is 2.63. The fraction of sp³-hybridized carbons (Fsp3) is 0.455. The van der Waals surface area contributed by atoms with E-state index in [0.717, 1.165) is 21.9 Å². The zero-order chi connectivity index (χ0) is 43.7. The Kier molecular flexibility index (Phi) is 12.7. The third-order valence-corrected chi connectivity index (χ3v) is 12.4. The first-order chi connectivity index (χ1) is 30.1.